The van der Waals surface area contributed by atoms with Gasteiger partial charge in [0, 0.05) is 12.1 Å². The van der Waals surface area contributed by atoms with Gasteiger partial charge >= 0.3 is 0 Å². The highest BCUT2D eigenvalue weighted by Gasteiger charge is 2.12. The van der Waals surface area contributed by atoms with E-state index >= 15 is 0 Å². The number of hydrogen-bond donors (Lipinski definition) is 1. The molecule has 0 spiro atoms. The minimum Gasteiger partial charge on any atom is -0.348 e. The van der Waals surface area contributed by atoms with Gasteiger partial charge in [0.25, 0.3) is 5.91 Å². The number of rotatable bonds is 3. The molecule has 0 bridgehead atoms. The number of aryl methyl sites for hydroxylation is 2. The minimum absolute atomic E-state index is 0.104. The van der Waals surface area contributed by atoms with E-state index in [0.29, 0.717) is 12.1 Å². The van der Waals surface area contributed by atoms with Gasteiger partial charge < -0.3 is 5.32 Å². The lowest BCUT2D eigenvalue weighted by Crippen LogP contribution is -2.23. The summed E-state index contributed by atoms with van der Waals surface area (Å²) in [5, 5.41) is 2.84. The molecule has 0 heterocycles. The van der Waals surface area contributed by atoms with Crippen molar-refractivity contribution in [3.05, 3.63) is 70.5 Å². The Kier molecular flexibility index (Phi) is 4.00. The van der Waals surface area contributed by atoms with Crippen molar-refractivity contribution < 1.29 is 9.18 Å². The zero-order valence-electron chi connectivity index (χ0n) is 11.9. The van der Waals surface area contributed by atoms with Gasteiger partial charge in [-0.2, -0.15) is 0 Å². The molecule has 0 radical (unpaired) electrons. The topological polar surface area (TPSA) is 29.1 Å². The summed E-state index contributed by atoms with van der Waals surface area (Å²) in [5.74, 6) is -0.386. The molecule has 108 valence electrons. The van der Waals surface area contributed by atoms with E-state index in [4.69, 9.17) is 0 Å². The van der Waals surface area contributed by atoms with Crippen LogP contribution in [-0.2, 0) is 19.4 Å². The average Bonchev–Trinajstić information content (AvgIpc) is 2.52. The maximum absolute atomic E-state index is 13.1. The highest BCUT2D eigenvalue weighted by molar-refractivity contribution is 5.94. The van der Waals surface area contributed by atoms with Crippen LogP contribution in [-0.4, -0.2) is 5.91 Å². The van der Waals surface area contributed by atoms with Gasteiger partial charge in [-0.15, -0.1) is 0 Å². The summed E-state index contributed by atoms with van der Waals surface area (Å²) in [5.41, 5.74) is 4.11. The van der Waals surface area contributed by atoms with Crippen LogP contribution in [0.1, 0.15) is 39.9 Å². The van der Waals surface area contributed by atoms with E-state index in [2.05, 4.69) is 11.4 Å². The van der Waals surface area contributed by atoms with E-state index in [1.54, 1.807) is 12.1 Å². The SMILES string of the molecule is O=C(NCc1cccc(F)c1)c1ccc2c(c1)CCCC2. The molecule has 2 nitrogen and oxygen atoms in total. The van der Waals surface area contributed by atoms with Crippen LogP contribution in [0.2, 0.25) is 0 Å². The molecular weight excluding hydrogens is 265 g/mol. The van der Waals surface area contributed by atoms with Gasteiger partial charge in [-0.05, 0) is 66.6 Å². The van der Waals surface area contributed by atoms with Crippen molar-refractivity contribution in [3.63, 3.8) is 0 Å². The van der Waals surface area contributed by atoms with Crippen molar-refractivity contribution in [2.45, 2.75) is 32.2 Å². The number of fused-ring (bicyclic) bond motifs is 1. The highest BCUT2D eigenvalue weighted by atomic mass is 19.1. The van der Waals surface area contributed by atoms with Crippen molar-refractivity contribution in [2.24, 2.45) is 0 Å². The third-order valence-corrected chi connectivity index (χ3v) is 3.95. The van der Waals surface area contributed by atoms with Crippen molar-refractivity contribution in [1.29, 1.82) is 0 Å². The van der Waals surface area contributed by atoms with Crippen LogP contribution in [0.5, 0.6) is 0 Å². The van der Waals surface area contributed by atoms with Crippen molar-refractivity contribution in [3.8, 4) is 0 Å². The van der Waals surface area contributed by atoms with Crippen molar-refractivity contribution in [2.75, 3.05) is 0 Å². The van der Waals surface area contributed by atoms with Crippen molar-refractivity contribution >= 4 is 5.91 Å². The zero-order valence-corrected chi connectivity index (χ0v) is 11.9. The molecule has 1 N–H and O–H groups in total. The number of amides is 1. The smallest absolute Gasteiger partial charge is 0.251 e. The molecule has 1 aliphatic carbocycles. The molecule has 0 atom stereocenters. The molecule has 1 amide bonds. The van der Waals surface area contributed by atoms with Crippen LogP contribution >= 0.6 is 0 Å². The van der Waals surface area contributed by atoms with Gasteiger partial charge in [0.05, 0.1) is 0 Å². The third-order valence-electron chi connectivity index (χ3n) is 3.95. The molecule has 1 aliphatic rings. The molecule has 3 heteroatoms. The Bertz CT molecular complexity index is 666. The van der Waals surface area contributed by atoms with Crippen LogP contribution in [0.15, 0.2) is 42.5 Å². The number of carbonyl (C=O) groups excluding carboxylic acids is 1. The van der Waals surface area contributed by atoms with Gasteiger partial charge in [0.1, 0.15) is 5.82 Å². The molecule has 21 heavy (non-hydrogen) atoms. The molecule has 2 aromatic rings. The molecule has 0 aromatic heterocycles. The quantitative estimate of drug-likeness (QED) is 0.915. The standard InChI is InChI=1S/C18H18FNO/c19-17-7-3-4-13(10-17)12-20-18(21)16-9-8-14-5-1-2-6-15(14)11-16/h3-4,7-11H,1-2,5-6,12H2,(H,20,21). The Morgan fingerprint density at radius 3 is 2.67 bits per heavy atom. The maximum Gasteiger partial charge on any atom is 0.251 e. The summed E-state index contributed by atoms with van der Waals surface area (Å²) in [4.78, 5) is 12.2. The van der Waals surface area contributed by atoms with Crippen LogP contribution in [0.4, 0.5) is 4.39 Å². The lowest BCUT2D eigenvalue weighted by molar-refractivity contribution is 0.0950. The number of benzene rings is 2. The highest BCUT2D eigenvalue weighted by Crippen LogP contribution is 2.22. The van der Waals surface area contributed by atoms with Gasteiger partial charge in [-0.1, -0.05) is 18.2 Å². The van der Waals surface area contributed by atoms with E-state index < -0.39 is 0 Å². The first-order valence-electron chi connectivity index (χ1n) is 7.37. The molecule has 2 aromatic carbocycles. The van der Waals surface area contributed by atoms with Crippen LogP contribution in [0.25, 0.3) is 0 Å². The fraction of sp³-hybridized carbons (Fsp3) is 0.278. The lowest BCUT2D eigenvalue weighted by atomic mass is 9.90. The second-order valence-corrected chi connectivity index (χ2v) is 5.50. The molecule has 0 fully saturated rings. The molecule has 0 saturated carbocycles. The number of nitrogens with one attached hydrogen (secondary N) is 1. The number of carbonyl (C=O) groups is 1. The van der Waals surface area contributed by atoms with Gasteiger partial charge in [-0.3, -0.25) is 4.79 Å². The fourth-order valence-electron chi connectivity index (χ4n) is 2.81. The lowest BCUT2D eigenvalue weighted by Gasteiger charge is -2.16. The first-order valence-corrected chi connectivity index (χ1v) is 7.37. The van der Waals surface area contributed by atoms with Crippen molar-refractivity contribution in [1.82, 2.24) is 5.32 Å². The summed E-state index contributed by atoms with van der Waals surface area (Å²) in [6.45, 7) is 0.341. The Labute approximate surface area is 124 Å². The Morgan fingerprint density at radius 2 is 1.86 bits per heavy atom. The van der Waals surface area contributed by atoms with E-state index in [9.17, 15) is 9.18 Å². The van der Waals surface area contributed by atoms with E-state index in [1.165, 1.54) is 36.1 Å². The maximum atomic E-state index is 13.1. The molecule has 3 rings (SSSR count). The number of hydrogen-bond acceptors (Lipinski definition) is 1. The Hall–Kier alpha value is -2.16. The van der Waals surface area contributed by atoms with Crippen LogP contribution in [0, 0.1) is 5.82 Å². The summed E-state index contributed by atoms with van der Waals surface area (Å²) >= 11 is 0. The zero-order chi connectivity index (χ0) is 14.7. The molecule has 0 unspecified atom stereocenters. The van der Waals surface area contributed by atoms with E-state index in [-0.39, 0.29) is 11.7 Å². The minimum atomic E-state index is -0.282. The second kappa shape index (κ2) is 6.08. The summed E-state index contributed by atoms with van der Waals surface area (Å²) in [6, 6.07) is 12.2. The third kappa shape index (κ3) is 3.30. The first-order chi connectivity index (χ1) is 10.2. The normalized spacial score (nSPS) is 13.6. The summed E-state index contributed by atoms with van der Waals surface area (Å²) < 4.78 is 13.1. The van der Waals surface area contributed by atoms with Gasteiger partial charge in [0.2, 0.25) is 0 Å². The van der Waals surface area contributed by atoms with E-state index in [0.717, 1.165) is 18.4 Å². The Morgan fingerprint density at radius 1 is 1.05 bits per heavy atom. The van der Waals surface area contributed by atoms with E-state index in [1.807, 2.05) is 12.1 Å². The predicted octanol–water partition coefficient (Wildman–Crippen LogP) is 3.63. The largest absolute Gasteiger partial charge is 0.348 e. The fourth-order valence-corrected chi connectivity index (χ4v) is 2.81. The summed E-state index contributed by atoms with van der Waals surface area (Å²) in [6.07, 6.45) is 4.60. The van der Waals surface area contributed by atoms with Gasteiger partial charge in [0.15, 0.2) is 0 Å². The second-order valence-electron chi connectivity index (χ2n) is 5.50. The van der Waals surface area contributed by atoms with Gasteiger partial charge in [-0.25, -0.2) is 4.39 Å². The molecular formula is C18H18FNO. The molecule has 0 aliphatic heterocycles. The van der Waals surface area contributed by atoms with Crippen LogP contribution in [0.3, 0.4) is 0 Å². The first kappa shape index (κ1) is 13.8. The van der Waals surface area contributed by atoms with Crippen LogP contribution < -0.4 is 5.32 Å². The molecule has 0 saturated heterocycles. The Balaban J connectivity index is 1.68. The average molecular weight is 283 g/mol. The number of halogens is 1. The predicted molar refractivity (Wildman–Crippen MR) is 80.7 cm³/mol. The monoisotopic (exact) mass is 283 g/mol. The summed E-state index contributed by atoms with van der Waals surface area (Å²) in [7, 11) is 0.